The first-order chi connectivity index (χ1) is 10.8. The second-order valence-corrected chi connectivity index (χ2v) is 8.04. The van der Waals surface area contributed by atoms with Crippen molar-refractivity contribution < 1.29 is 4.74 Å². The first-order valence-electron chi connectivity index (χ1n) is 10.4. The van der Waals surface area contributed by atoms with E-state index in [2.05, 4.69) is 13.8 Å². The van der Waals surface area contributed by atoms with Crippen LogP contribution in [0.5, 0.6) is 0 Å². The van der Waals surface area contributed by atoms with Gasteiger partial charge in [0, 0.05) is 6.61 Å². The fraction of sp³-hybridized carbons (Fsp3) is 1.00. The van der Waals surface area contributed by atoms with Crippen LogP contribution in [0.4, 0.5) is 0 Å². The van der Waals surface area contributed by atoms with Crippen LogP contribution in [0.3, 0.4) is 0 Å². The van der Waals surface area contributed by atoms with Gasteiger partial charge in [-0.15, -0.1) is 0 Å². The molecule has 0 heterocycles. The summed E-state index contributed by atoms with van der Waals surface area (Å²) >= 11 is 0. The molecule has 1 nitrogen and oxygen atoms in total. The van der Waals surface area contributed by atoms with Crippen molar-refractivity contribution in [2.24, 2.45) is 17.8 Å². The lowest BCUT2D eigenvalue weighted by molar-refractivity contribution is 0.00576. The third-order valence-corrected chi connectivity index (χ3v) is 6.34. The molecule has 22 heavy (non-hydrogen) atoms. The second kappa shape index (κ2) is 10.7. The molecule has 2 rings (SSSR count). The van der Waals surface area contributed by atoms with E-state index >= 15 is 0 Å². The molecule has 0 radical (unpaired) electrons. The largest absolute Gasteiger partial charge is 0.378 e. The molecule has 1 heteroatoms. The Morgan fingerprint density at radius 3 is 1.86 bits per heavy atom. The molecule has 0 aromatic rings. The molecule has 0 bridgehead atoms. The standard InChI is InChI=1S/C21H40O/c1-3-5-7-8-18-9-11-19(12-10-18)20-13-15-21(16-14-20)22-17-6-4-2/h18-21H,3-17H2,1-2H3/t18?,19?,20-,21-. The molecule has 130 valence electrons. The zero-order valence-electron chi connectivity index (χ0n) is 15.3. The molecule has 0 atom stereocenters. The van der Waals surface area contributed by atoms with E-state index in [0.29, 0.717) is 6.10 Å². The van der Waals surface area contributed by atoms with Crippen LogP contribution in [0.2, 0.25) is 0 Å². The number of rotatable bonds is 9. The van der Waals surface area contributed by atoms with Crippen LogP contribution in [-0.4, -0.2) is 12.7 Å². The average Bonchev–Trinajstić information content (AvgIpc) is 2.57. The van der Waals surface area contributed by atoms with Crippen LogP contribution in [0, 0.1) is 17.8 Å². The maximum absolute atomic E-state index is 6.03. The number of hydrogen-bond donors (Lipinski definition) is 0. The quantitative estimate of drug-likeness (QED) is 0.428. The van der Waals surface area contributed by atoms with Gasteiger partial charge in [0.05, 0.1) is 6.10 Å². The van der Waals surface area contributed by atoms with E-state index in [1.165, 1.54) is 89.9 Å². The van der Waals surface area contributed by atoms with Gasteiger partial charge in [-0.25, -0.2) is 0 Å². The maximum Gasteiger partial charge on any atom is 0.0575 e. The topological polar surface area (TPSA) is 9.23 Å². The SMILES string of the molecule is CCCCCC1CCC([C@H]2CC[C@H](OCCCC)CC2)CC1. The minimum Gasteiger partial charge on any atom is -0.378 e. The Hall–Kier alpha value is -0.0400. The Balaban J connectivity index is 1.58. The minimum absolute atomic E-state index is 0.591. The summed E-state index contributed by atoms with van der Waals surface area (Å²) in [6.45, 7) is 5.56. The lowest BCUT2D eigenvalue weighted by atomic mass is 9.70. The zero-order valence-corrected chi connectivity index (χ0v) is 15.3. The number of hydrogen-bond acceptors (Lipinski definition) is 1. The van der Waals surface area contributed by atoms with E-state index in [0.717, 1.165) is 24.4 Å². The molecule has 0 amide bonds. The van der Waals surface area contributed by atoms with Crippen molar-refractivity contribution in [2.45, 2.75) is 110 Å². The Bertz CT molecular complexity index is 231. The summed E-state index contributed by atoms with van der Waals surface area (Å²) in [7, 11) is 0. The summed E-state index contributed by atoms with van der Waals surface area (Å²) in [6.07, 6.45) is 20.6. The number of unbranched alkanes of at least 4 members (excludes halogenated alkanes) is 3. The van der Waals surface area contributed by atoms with Gasteiger partial charge in [0.25, 0.3) is 0 Å². The van der Waals surface area contributed by atoms with Crippen LogP contribution < -0.4 is 0 Å². The predicted octanol–water partition coefficient (Wildman–Crippen LogP) is 6.75. The second-order valence-electron chi connectivity index (χ2n) is 8.04. The maximum atomic E-state index is 6.03. The van der Waals surface area contributed by atoms with Crippen LogP contribution in [0.25, 0.3) is 0 Å². The van der Waals surface area contributed by atoms with Crippen molar-refractivity contribution in [3.8, 4) is 0 Å². The Labute approximate surface area is 139 Å². The molecule has 0 aromatic heterocycles. The van der Waals surface area contributed by atoms with Gasteiger partial charge in [-0.05, 0) is 62.7 Å². The van der Waals surface area contributed by atoms with E-state index in [1.54, 1.807) is 0 Å². The Morgan fingerprint density at radius 2 is 1.27 bits per heavy atom. The summed E-state index contributed by atoms with van der Waals surface area (Å²) in [5, 5.41) is 0. The van der Waals surface area contributed by atoms with Crippen molar-refractivity contribution >= 4 is 0 Å². The molecule has 2 aliphatic carbocycles. The van der Waals surface area contributed by atoms with Crippen LogP contribution in [-0.2, 0) is 4.74 Å². The zero-order chi connectivity index (χ0) is 15.6. The number of ether oxygens (including phenoxy) is 1. The Kier molecular flexibility index (Phi) is 8.89. The van der Waals surface area contributed by atoms with Gasteiger partial charge < -0.3 is 4.74 Å². The van der Waals surface area contributed by atoms with Crippen molar-refractivity contribution in [3.05, 3.63) is 0 Å². The van der Waals surface area contributed by atoms with Gasteiger partial charge in [0.1, 0.15) is 0 Å². The van der Waals surface area contributed by atoms with Crippen molar-refractivity contribution in [2.75, 3.05) is 6.61 Å². The van der Waals surface area contributed by atoms with E-state index in [-0.39, 0.29) is 0 Å². The van der Waals surface area contributed by atoms with Crippen molar-refractivity contribution in [3.63, 3.8) is 0 Å². The van der Waals surface area contributed by atoms with Gasteiger partial charge in [0.2, 0.25) is 0 Å². The third kappa shape index (κ3) is 6.22. The van der Waals surface area contributed by atoms with Gasteiger partial charge in [-0.3, -0.25) is 0 Å². The van der Waals surface area contributed by atoms with E-state index < -0.39 is 0 Å². The highest BCUT2D eigenvalue weighted by atomic mass is 16.5. The van der Waals surface area contributed by atoms with Crippen LogP contribution >= 0.6 is 0 Å². The van der Waals surface area contributed by atoms with Gasteiger partial charge in [0.15, 0.2) is 0 Å². The molecule has 2 saturated carbocycles. The van der Waals surface area contributed by atoms with E-state index in [9.17, 15) is 0 Å². The van der Waals surface area contributed by atoms with Crippen LogP contribution in [0.1, 0.15) is 104 Å². The molecule has 0 aliphatic heterocycles. The van der Waals surface area contributed by atoms with Gasteiger partial charge in [-0.2, -0.15) is 0 Å². The van der Waals surface area contributed by atoms with Crippen molar-refractivity contribution in [1.29, 1.82) is 0 Å². The summed E-state index contributed by atoms with van der Waals surface area (Å²) in [5.41, 5.74) is 0. The lowest BCUT2D eigenvalue weighted by Crippen LogP contribution is -2.28. The molecule has 0 unspecified atom stereocenters. The first-order valence-corrected chi connectivity index (χ1v) is 10.4. The highest BCUT2D eigenvalue weighted by molar-refractivity contribution is 4.82. The first kappa shape index (κ1) is 18.3. The fourth-order valence-corrected chi connectivity index (χ4v) is 4.75. The molecule has 0 saturated heterocycles. The molecular weight excluding hydrogens is 268 g/mol. The van der Waals surface area contributed by atoms with Crippen LogP contribution in [0.15, 0.2) is 0 Å². The fourth-order valence-electron chi connectivity index (χ4n) is 4.75. The Morgan fingerprint density at radius 1 is 0.682 bits per heavy atom. The molecule has 0 aromatic carbocycles. The molecule has 2 fully saturated rings. The van der Waals surface area contributed by atoms with Gasteiger partial charge in [-0.1, -0.05) is 58.8 Å². The molecule has 2 aliphatic rings. The molecule has 0 N–H and O–H groups in total. The summed E-state index contributed by atoms with van der Waals surface area (Å²) in [6, 6.07) is 0. The monoisotopic (exact) mass is 308 g/mol. The smallest absolute Gasteiger partial charge is 0.0575 e. The highest BCUT2D eigenvalue weighted by Crippen LogP contribution is 2.41. The summed E-state index contributed by atoms with van der Waals surface area (Å²) < 4.78 is 6.03. The van der Waals surface area contributed by atoms with Crippen molar-refractivity contribution in [1.82, 2.24) is 0 Å². The highest BCUT2D eigenvalue weighted by Gasteiger charge is 2.30. The van der Waals surface area contributed by atoms with Gasteiger partial charge >= 0.3 is 0 Å². The third-order valence-electron chi connectivity index (χ3n) is 6.34. The normalized spacial score (nSPS) is 33.0. The minimum atomic E-state index is 0.591. The summed E-state index contributed by atoms with van der Waals surface area (Å²) in [4.78, 5) is 0. The summed E-state index contributed by atoms with van der Waals surface area (Å²) in [5.74, 6) is 3.15. The lowest BCUT2D eigenvalue weighted by Gasteiger charge is -2.38. The average molecular weight is 309 g/mol. The molecular formula is C21H40O. The van der Waals surface area contributed by atoms with E-state index in [4.69, 9.17) is 4.74 Å². The molecule has 0 spiro atoms. The van der Waals surface area contributed by atoms with E-state index in [1.807, 2.05) is 0 Å². The predicted molar refractivity (Wildman–Crippen MR) is 96.2 cm³/mol.